The standard InChI is InChI=1S/C31H39F2N5OS/c1-21-18-36(20-34-21)27-10-9-22(15-28(27)39-2)14-23-8-7-13-37-30(23)35-31(11-12-31)19-38(37)24-16-25(32)29(26(33)17-24)40(3,4,5)6/h9-10,14-18,20,40H,7-8,11-13,19H2,1-6H3/b23-14+. The number of hydrogen-bond donors (Lipinski definition) is 1. The topological polar surface area (TPSA) is 45.9 Å². The van der Waals surface area contributed by atoms with Gasteiger partial charge in [-0.3, -0.25) is 24.2 Å². The normalized spacial score (nSPS) is 20.2. The third kappa shape index (κ3) is 4.89. The molecule has 0 bridgehead atoms. The number of imidazole rings is 1. The molecule has 2 aliphatic heterocycles. The summed E-state index contributed by atoms with van der Waals surface area (Å²) in [7, 11) is -0.966. The van der Waals surface area contributed by atoms with E-state index in [4.69, 9.17) is 9.73 Å². The zero-order valence-corrected chi connectivity index (χ0v) is 25.1. The van der Waals surface area contributed by atoms with Crippen LogP contribution in [0.5, 0.6) is 5.75 Å². The van der Waals surface area contributed by atoms with Crippen LogP contribution in [-0.2, 0) is 0 Å². The van der Waals surface area contributed by atoms with Crippen molar-refractivity contribution in [1.29, 1.82) is 0 Å². The molecule has 3 aromatic rings. The second kappa shape index (κ2) is 9.09. The Bertz CT molecular complexity index is 1530. The zero-order chi connectivity index (χ0) is 28.5. The highest BCUT2D eigenvalue weighted by atomic mass is 32.3. The van der Waals surface area contributed by atoms with Gasteiger partial charge in [-0.15, -0.1) is 0 Å². The number of rotatable bonds is 5. The summed E-state index contributed by atoms with van der Waals surface area (Å²) in [4.78, 5) is 9.81. The lowest BCUT2D eigenvalue weighted by Gasteiger charge is -2.49. The van der Waals surface area contributed by atoms with E-state index in [9.17, 15) is 0 Å². The smallest absolute Gasteiger partial charge is 0.146 e. The summed E-state index contributed by atoms with van der Waals surface area (Å²) >= 11 is 0. The molecule has 2 aromatic carbocycles. The summed E-state index contributed by atoms with van der Waals surface area (Å²) in [5.41, 5.74) is 4.37. The Kier molecular flexibility index (Phi) is 6.11. The molecule has 1 spiro atoms. The summed E-state index contributed by atoms with van der Waals surface area (Å²) < 4.78 is 38.7. The van der Waals surface area contributed by atoms with Crippen molar-refractivity contribution in [2.75, 3.05) is 50.2 Å². The van der Waals surface area contributed by atoms with Crippen molar-refractivity contribution in [1.82, 2.24) is 14.6 Å². The van der Waals surface area contributed by atoms with E-state index in [1.807, 2.05) is 54.8 Å². The second-order valence-electron chi connectivity index (χ2n) is 13.3. The first-order chi connectivity index (χ1) is 18.8. The van der Waals surface area contributed by atoms with Crippen molar-refractivity contribution in [3.8, 4) is 11.4 Å². The molecule has 1 saturated carbocycles. The highest BCUT2D eigenvalue weighted by Crippen LogP contribution is 2.65. The minimum absolute atomic E-state index is 0.195. The van der Waals surface area contributed by atoms with Crippen molar-refractivity contribution >= 4 is 26.8 Å². The Balaban J connectivity index is 1.37. The van der Waals surface area contributed by atoms with Crippen LogP contribution in [0.1, 0.15) is 36.9 Å². The van der Waals surface area contributed by atoms with E-state index in [0.29, 0.717) is 12.2 Å². The molecule has 40 heavy (non-hydrogen) atoms. The number of methoxy groups -OCH3 is 1. The van der Waals surface area contributed by atoms with Gasteiger partial charge in [0.1, 0.15) is 23.2 Å². The van der Waals surface area contributed by atoms with Gasteiger partial charge in [0.05, 0.1) is 42.6 Å². The van der Waals surface area contributed by atoms with Crippen LogP contribution in [0, 0.1) is 18.6 Å². The summed E-state index contributed by atoms with van der Waals surface area (Å²) in [6.45, 7) is 3.35. The monoisotopic (exact) mass is 567 g/mol. The number of hydrazine groups is 1. The first kappa shape index (κ1) is 26.9. The minimum Gasteiger partial charge on any atom is -0.495 e. The number of nitrogens with zero attached hydrogens (tertiary/aromatic N) is 5. The zero-order valence-electron chi connectivity index (χ0n) is 24.2. The van der Waals surface area contributed by atoms with Gasteiger partial charge >= 0.3 is 0 Å². The Hall–Kier alpha value is -3.33. The third-order valence-corrected chi connectivity index (χ3v) is 10.2. The lowest BCUT2D eigenvalue weighted by atomic mass is 9.99. The second-order valence-corrected chi connectivity index (χ2v) is 20.9. The molecule has 1 saturated heterocycles. The average Bonchev–Trinajstić information content (AvgIpc) is 3.47. The van der Waals surface area contributed by atoms with Crippen LogP contribution in [-0.4, -0.2) is 71.2 Å². The van der Waals surface area contributed by atoms with Gasteiger partial charge < -0.3 is 9.30 Å². The van der Waals surface area contributed by atoms with E-state index in [1.165, 1.54) is 12.1 Å². The van der Waals surface area contributed by atoms with Crippen LogP contribution in [0.15, 0.2) is 58.3 Å². The number of fused-ring (bicyclic) bond motifs is 1. The number of anilines is 1. The first-order valence-corrected chi connectivity index (χ1v) is 17.9. The molecule has 6 rings (SSSR count). The summed E-state index contributed by atoms with van der Waals surface area (Å²) in [6.07, 6.45) is 17.6. The van der Waals surface area contributed by atoms with E-state index in [1.54, 1.807) is 13.4 Å². The number of piperidine rings is 1. The lowest BCUT2D eigenvalue weighted by molar-refractivity contribution is 0.320. The number of hydrogen-bond acceptors (Lipinski definition) is 5. The molecule has 0 amide bonds. The minimum atomic E-state index is -2.64. The van der Waals surface area contributed by atoms with Crippen molar-refractivity contribution in [3.63, 3.8) is 0 Å². The van der Waals surface area contributed by atoms with Crippen molar-refractivity contribution in [2.45, 2.75) is 43.0 Å². The maximum Gasteiger partial charge on any atom is 0.146 e. The van der Waals surface area contributed by atoms with Crippen LogP contribution >= 0.6 is 9.16 Å². The van der Waals surface area contributed by atoms with E-state index in [0.717, 1.165) is 66.3 Å². The van der Waals surface area contributed by atoms with Crippen molar-refractivity contribution < 1.29 is 13.5 Å². The third-order valence-electron chi connectivity index (χ3n) is 7.98. The predicted molar refractivity (Wildman–Crippen MR) is 163 cm³/mol. The van der Waals surface area contributed by atoms with E-state index in [-0.39, 0.29) is 10.4 Å². The number of halogens is 2. The van der Waals surface area contributed by atoms with Gasteiger partial charge in [0, 0.05) is 29.8 Å². The SMILES string of the molecule is COc1cc(/C=C2\CCCN3C2=NC2(CC2)CN3c2cc(F)c([SH](C)(C)(C)C)c(F)c2)ccc1-n1cnc(C)c1. The van der Waals surface area contributed by atoms with Crippen LogP contribution < -0.4 is 9.75 Å². The van der Waals surface area contributed by atoms with Gasteiger partial charge in [-0.05, 0) is 87.0 Å². The van der Waals surface area contributed by atoms with Crippen molar-refractivity contribution in [3.05, 3.63) is 71.3 Å². The van der Waals surface area contributed by atoms with Crippen LogP contribution in [0.25, 0.3) is 11.8 Å². The molecule has 0 radical (unpaired) electrons. The van der Waals surface area contributed by atoms with Crippen molar-refractivity contribution in [2.24, 2.45) is 4.99 Å². The molecule has 1 aliphatic carbocycles. The summed E-state index contributed by atoms with van der Waals surface area (Å²) in [5.74, 6) is 0.756. The Morgan fingerprint density at radius 3 is 2.35 bits per heavy atom. The number of aromatic nitrogens is 2. The number of thiol groups is 1. The molecular formula is C31H39F2N5OS. The first-order valence-electron chi connectivity index (χ1n) is 13.9. The van der Waals surface area contributed by atoms with Crippen LogP contribution in [0.2, 0.25) is 0 Å². The quantitative estimate of drug-likeness (QED) is 0.370. The molecule has 1 aromatic heterocycles. The molecule has 6 nitrogen and oxygen atoms in total. The molecule has 3 aliphatic rings. The number of benzene rings is 2. The number of ether oxygens (including phenoxy) is 1. The van der Waals surface area contributed by atoms with Gasteiger partial charge in [0.15, 0.2) is 0 Å². The number of amidine groups is 1. The van der Waals surface area contributed by atoms with E-state index in [2.05, 4.69) is 27.1 Å². The highest BCUT2D eigenvalue weighted by Gasteiger charge is 2.50. The predicted octanol–water partition coefficient (Wildman–Crippen LogP) is 6.26. The Labute approximate surface area is 235 Å². The van der Waals surface area contributed by atoms with E-state index >= 15 is 8.78 Å². The lowest BCUT2D eigenvalue weighted by Crippen LogP contribution is -2.56. The molecule has 2 fully saturated rings. The fourth-order valence-electron chi connectivity index (χ4n) is 5.88. The van der Waals surface area contributed by atoms with Gasteiger partial charge in [0.25, 0.3) is 0 Å². The summed E-state index contributed by atoms with van der Waals surface area (Å²) in [6, 6.07) is 9.20. The van der Waals surface area contributed by atoms with Crippen LogP contribution in [0.4, 0.5) is 14.5 Å². The van der Waals surface area contributed by atoms with Gasteiger partial charge in [-0.2, -0.15) is 0 Å². The van der Waals surface area contributed by atoms with E-state index < -0.39 is 20.8 Å². The van der Waals surface area contributed by atoms with Gasteiger partial charge in [-0.25, -0.2) is 13.8 Å². The molecule has 0 N–H and O–H groups in total. The maximum atomic E-state index is 15.5. The number of aryl methyl sites for hydroxylation is 1. The summed E-state index contributed by atoms with van der Waals surface area (Å²) in [5, 5.41) is 4.19. The molecule has 214 valence electrons. The fourth-order valence-corrected chi connectivity index (χ4v) is 7.72. The average molecular weight is 568 g/mol. The molecular weight excluding hydrogens is 528 g/mol. The Morgan fingerprint density at radius 2 is 1.75 bits per heavy atom. The Morgan fingerprint density at radius 1 is 1.02 bits per heavy atom. The maximum absolute atomic E-state index is 15.5. The van der Waals surface area contributed by atoms with Gasteiger partial charge in [-0.1, -0.05) is 6.07 Å². The largest absolute Gasteiger partial charge is 0.495 e. The molecule has 3 heterocycles. The van der Waals surface area contributed by atoms with Gasteiger partial charge in [0.2, 0.25) is 0 Å². The molecule has 9 heteroatoms. The molecule has 0 atom stereocenters. The number of aliphatic imine (C=N–C) groups is 1. The molecule has 0 unspecified atom stereocenters. The fraction of sp³-hybridized carbons (Fsp3) is 0.419. The van der Waals surface area contributed by atoms with Crippen LogP contribution in [0.3, 0.4) is 0 Å². The highest BCUT2D eigenvalue weighted by molar-refractivity contribution is 8.47.